The first kappa shape index (κ1) is 20.7. The molecule has 0 atom stereocenters. The van der Waals surface area contributed by atoms with Crippen molar-refractivity contribution in [1.29, 1.82) is 0 Å². The summed E-state index contributed by atoms with van der Waals surface area (Å²) in [5.41, 5.74) is 1.13. The SMILES string of the molecule is CS(=O)(=O)Nc1ccccc1C(=O)OCC(=O)NCCc1ccc(Cl)cc1. The van der Waals surface area contributed by atoms with Gasteiger partial charge in [0.05, 0.1) is 17.5 Å². The lowest BCUT2D eigenvalue weighted by Crippen LogP contribution is -2.30. The number of ether oxygens (including phenoxy) is 1. The first-order chi connectivity index (χ1) is 12.7. The molecule has 0 spiro atoms. The van der Waals surface area contributed by atoms with Crippen molar-refractivity contribution in [3.8, 4) is 0 Å². The summed E-state index contributed by atoms with van der Waals surface area (Å²) >= 11 is 5.81. The van der Waals surface area contributed by atoms with Gasteiger partial charge < -0.3 is 10.1 Å². The van der Waals surface area contributed by atoms with Crippen LogP contribution in [0, 0.1) is 0 Å². The van der Waals surface area contributed by atoms with Crippen LogP contribution in [0.15, 0.2) is 48.5 Å². The molecule has 0 fully saturated rings. The Bertz CT molecular complexity index is 914. The Labute approximate surface area is 162 Å². The molecule has 0 bridgehead atoms. The standard InChI is InChI=1S/C18H19ClN2O5S/c1-27(24,25)21-16-5-3-2-4-15(16)18(23)26-12-17(22)20-11-10-13-6-8-14(19)9-7-13/h2-9,21H,10-12H2,1H3,(H,20,22). The number of rotatable bonds is 8. The van der Waals surface area contributed by atoms with Gasteiger partial charge in [0.25, 0.3) is 5.91 Å². The quantitative estimate of drug-likeness (QED) is 0.650. The molecular weight excluding hydrogens is 392 g/mol. The molecule has 1 amide bonds. The molecule has 7 nitrogen and oxygen atoms in total. The van der Waals surface area contributed by atoms with Gasteiger partial charge in [0.2, 0.25) is 10.0 Å². The van der Waals surface area contributed by atoms with Gasteiger partial charge in [-0.05, 0) is 36.2 Å². The predicted octanol–water partition coefficient (Wildman–Crippen LogP) is 2.23. The molecule has 9 heteroatoms. The summed E-state index contributed by atoms with van der Waals surface area (Å²) in [4.78, 5) is 23.9. The number of anilines is 1. The fourth-order valence-electron chi connectivity index (χ4n) is 2.21. The maximum atomic E-state index is 12.1. The van der Waals surface area contributed by atoms with Crippen LogP contribution >= 0.6 is 11.6 Å². The number of benzene rings is 2. The van der Waals surface area contributed by atoms with Crippen molar-refractivity contribution in [3.63, 3.8) is 0 Å². The molecule has 0 aliphatic rings. The second kappa shape index (κ2) is 9.38. The van der Waals surface area contributed by atoms with E-state index in [1.54, 1.807) is 24.3 Å². The Morgan fingerprint density at radius 2 is 1.74 bits per heavy atom. The van der Waals surface area contributed by atoms with E-state index >= 15 is 0 Å². The van der Waals surface area contributed by atoms with E-state index in [2.05, 4.69) is 10.0 Å². The van der Waals surface area contributed by atoms with Gasteiger partial charge in [-0.2, -0.15) is 0 Å². The topological polar surface area (TPSA) is 102 Å². The zero-order chi connectivity index (χ0) is 19.9. The number of amides is 1. The maximum Gasteiger partial charge on any atom is 0.340 e. The molecular formula is C18H19ClN2O5S. The summed E-state index contributed by atoms with van der Waals surface area (Å²) in [5.74, 6) is -1.25. The Hall–Kier alpha value is -2.58. The van der Waals surface area contributed by atoms with Crippen molar-refractivity contribution < 1.29 is 22.7 Å². The van der Waals surface area contributed by atoms with Gasteiger partial charge in [-0.25, -0.2) is 13.2 Å². The summed E-state index contributed by atoms with van der Waals surface area (Å²) in [6, 6.07) is 13.2. The van der Waals surface area contributed by atoms with Crippen LogP contribution in [0.3, 0.4) is 0 Å². The van der Waals surface area contributed by atoms with Crippen molar-refractivity contribution in [2.75, 3.05) is 24.1 Å². The lowest BCUT2D eigenvalue weighted by Gasteiger charge is -2.10. The molecule has 0 saturated heterocycles. The highest BCUT2D eigenvalue weighted by Crippen LogP contribution is 2.17. The van der Waals surface area contributed by atoms with E-state index in [9.17, 15) is 18.0 Å². The van der Waals surface area contributed by atoms with E-state index < -0.39 is 28.5 Å². The molecule has 0 aliphatic carbocycles. The van der Waals surface area contributed by atoms with E-state index in [4.69, 9.17) is 16.3 Å². The number of carbonyl (C=O) groups is 2. The molecule has 0 aromatic heterocycles. The van der Waals surface area contributed by atoms with Crippen LogP contribution in [0.25, 0.3) is 0 Å². The molecule has 27 heavy (non-hydrogen) atoms. The minimum Gasteiger partial charge on any atom is -0.452 e. The van der Waals surface area contributed by atoms with Crippen molar-refractivity contribution in [1.82, 2.24) is 5.32 Å². The number of halogens is 1. The molecule has 2 aromatic rings. The third-order valence-electron chi connectivity index (χ3n) is 3.43. The minimum atomic E-state index is -3.55. The van der Waals surface area contributed by atoms with Gasteiger partial charge in [-0.1, -0.05) is 35.9 Å². The van der Waals surface area contributed by atoms with Crippen molar-refractivity contribution >= 4 is 39.2 Å². The average Bonchev–Trinajstić information content (AvgIpc) is 2.60. The third-order valence-corrected chi connectivity index (χ3v) is 4.27. The highest BCUT2D eigenvalue weighted by Gasteiger charge is 2.16. The van der Waals surface area contributed by atoms with E-state index in [-0.39, 0.29) is 11.3 Å². The van der Waals surface area contributed by atoms with Crippen LogP contribution < -0.4 is 10.0 Å². The average molecular weight is 411 g/mol. The van der Waals surface area contributed by atoms with Crippen LogP contribution in [0.5, 0.6) is 0 Å². The van der Waals surface area contributed by atoms with Crippen molar-refractivity contribution in [2.24, 2.45) is 0 Å². The second-order valence-electron chi connectivity index (χ2n) is 5.72. The van der Waals surface area contributed by atoms with Gasteiger partial charge in [0, 0.05) is 11.6 Å². The Morgan fingerprint density at radius 1 is 1.07 bits per heavy atom. The summed E-state index contributed by atoms with van der Waals surface area (Å²) in [7, 11) is -3.55. The van der Waals surface area contributed by atoms with Crippen molar-refractivity contribution in [2.45, 2.75) is 6.42 Å². The largest absolute Gasteiger partial charge is 0.452 e. The predicted molar refractivity (Wildman–Crippen MR) is 103 cm³/mol. The molecule has 144 valence electrons. The van der Waals surface area contributed by atoms with E-state index in [1.165, 1.54) is 12.1 Å². The molecule has 2 N–H and O–H groups in total. The van der Waals surface area contributed by atoms with Gasteiger partial charge in [-0.3, -0.25) is 9.52 Å². The first-order valence-corrected chi connectivity index (χ1v) is 10.3. The maximum absolute atomic E-state index is 12.1. The Balaban J connectivity index is 1.83. The second-order valence-corrected chi connectivity index (χ2v) is 7.91. The monoisotopic (exact) mass is 410 g/mol. The normalized spacial score (nSPS) is 10.9. The smallest absolute Gasteiger partial charge is 0.340 e. The molecule has 0 saturated carbocycles. The molecule has 2 rings (SSSR count). The highest BCUT2D eigenvalue weighted by molar-refractivity contribution is 7.92. The first-order valence-electron chi connectivity index (χ1n) is 8.00. The van der Waals surface area contributed by atoms with Crippen LogP contribution in [0.1, 0.15) is 15.9 Å². The fraction of sp³-hybridized carbons (Fsp3) is 0.222. The summed E-state index contributed by atoms with van der Waals surface area (Å²) < 4.78 is 29.9. The zero-order valence-electron chi connectivity index (χ0n) is 14.6. The number of nitrogens with one attached hydrogen (secondary N) is 2. The number of hydrogen-bond acceptors (Lipinski definition) is 5. The third kappa shape index (κ3) is 7.28. The van der Waals surface area contributed by atoms with Gasteiger partial charge in [0.15, 0.2) is 6.61 Å². The molecule has 0 radical (unpaired) electrons. The molecule has 0 unspecified atom stereocenters. The lowest BCUT2D eigenvalue weighted by molar-refractivity contribution is -0.124. The van der Waals surface area contributed by atoms with Crippen molar-refractivity contribution in [3.05, 3.63) is 64.7 Å². The minimum absolute atomic E-state index is 0.0249. The number of sulfonamides is 1. The van der Waals surface area contributed by atoms with E-state index in [0.717, 1.165) is 11.8 Å². The number of esters is 1. The van der Waals surface area contributed by atoms with E-state index in [1.807, 2.05) is 12.1 Å². The summed E-state index contributed by atoms with van der Waals surface area (Å²) in [5, 5.41) is 3.28. The summed E-state index contributed by atoms with van der Waals surface area (Å²) in [6.45, 7) is -0.0864. The van der Waals surface area contributed by atoms with Crippen LogP contribution in [0.2, 0.25) is 5.02 Å². The van der Waals surface area contributed by atoms with Gasteiger partial charge >= 0.3 is 5.97 Å². The zero-order valence-corrected chi connectivity index (χ0v) is 16.1. The van der Waals surface area contributed by atoms with E-state index in [0.29, 0.717) is 18.0 Å². The van der Waals surface area contributed by atoms with Crippen LogP contribution in [-0.2, 0) is 26.0 Å². The molecule has 0 heterocycles. The molecule has 2 aromatic carbocycles. The number of hydrogen-bond donors (Lipinski definition) is 2. The number of carbonyl (C=O) groups excluding carboxylic acids is 2. The lowest BCUT2D eigenvalue weighted by atomic mass is 10.1. The Morgan fingerprint density at radius 3 is 2.41 bits per heavy atom. The highest BCUT2D eigenvalue weighted by atomic mass is 35.5. The Kier molecular flexibility index (Phi) is 7.20. The summed E-state index contributed by atoms with van der Waals surface area (Å²) in [6.07, 6.45) is 1.58. The van der Waals surface area contributed by atoms with Crippen LogP contribution in [0.4, 0.5) is 5.69 Å². The fourth-order valence-corrected chi connectivity index (χ4v) is 2.91. The molecule has 0 aliphatic heterocycles. The van der Waals surface area contributed by atoms with Crippen LogP contribution in [-0.4, -0.2) is 39.7 Å². The number of para-hydroxylation sites is 1. The van der Waals surface area contributed by atoms with Gasteiger partial charge in [-0.15, -0.1) is 0 Å². The van der Waals surface area contributed by atoms with Gasteiger partial charge in [0.1, 0.15) is 0 Å².